The van der Waals surface area contributed by atoms with Gasteiger partial charge >= 0.3 is 6.18 Å². The molecule has 1 fully saturated rings. The number of alkyl halides is 3. The van der Waals surface area contributed by atoms with Gasteiger partial charge < -0.3 is 14.5 Å². The summed E-state index contributed by atoms with van der Waals surface area (Å²) in [5, 5.41) is 0. The van der Waals surface area contributed by atoms with Crippen LogP contribution in [0, 0.1) is 5.41 Å². The number of hydrogen-bond donors (Lipinski definition) is 0. The highest BCUT2D eigenvalue weighted by Gasteiger charge is 2.46. The number of methoxy groups -OCH3 is 1. The monoisotopic (exact) mass is 434 g/mol. The molecule has 3 heterocycles. The third-order valence-electron chi connectivity index (χ3n) is 6.30. The first-order valence-corrected chi connectivity index (χ1v) is 10.3. The van der Waals surface area contributed by atoms with Gasteiger partial charge in [-0.05, 0) is 30.4 Å². The van der Waals surface area contributed by atoms with Gasteiger partial charge in [-0.2, -0.15) is 13.2 Å². The molecule has 4 rings (SSSR count). The predicted molar refractivity (Wildman–Crippen MR) is 108 cm³/mol. The topological polar surface area (TPSA) is 58.6 Å². The molecule has 166 valence electrons. The molecule has 1 amide bonds. The number of amides is 1. The van der Waals surface area contributed by atoms with Crippen LogP contribution < -0.4 is 4.90 Å². The molecule has 0 atom stereocenters. The number of aromatic nitrogens is 2. The fourth-order valence-electron chi connectivity index (χ4n) is 4.55. The van der Waals surface area contributed by atoms with Crippen LogP contribution in [0.25, 0.3) is 0 Å². The van der Waals surface area contributed by atoms with Gasteiger partial charge in [0.05, 0.1) is 12.0 Å². The average molecular weight is 434 g/mol. The second kappa shape index (κ2) is 8.45. The van der Waals surface area contributed by atoms with Crippen molar-refractivity contribution < 1.29 is 22.7 Å². The predicted octanol–water partition coefficient (Wildman–Crippen LogP) is 3.31. The van der Waals surface area contributed by atoms with Crippen LogP contribution in [0.2, 0.25) is 0 Å². The van der Waals surface area contributed by atoms with E-state index in [-0.39, 0.29) is 11.7 Å². The average Bonchev–Trinajstić information content (AvgIpc) is 2.87. The Balaban J connectivity index is 1.57. The zero-order valence-electron chi connectivity index (χ0n) is 17.4. The van der Waals surface area contributed by atoms with Crippen molar-refractivity contribution in [3.8, 4) is 0 Å². The Bertz CT molecular complexity index is 942. The highest BCUT2D eigenvalue weighted by atomic mass is 19.4. The van der Waals surface area contributed by atoms with E-state index in [2.05, 4.69) is 22.1 Å². The number of ether oxygens (including phenoxy) is 1. The SMILES string of the molecule is COCCN1Cc2ccccc2CC2(CCN(c3cc(C(F)(F)F)ncn3)CC2)C1=O. The summed E-state index contributed by atoms with van der Waals surface area (Å²) in [6.07, 6.45) is -1.83. The van der Waals surface area contributed by atoms with E-state index in [0.717, 1.165) is 23.5 Å². The van der Waals surface area contributed by atoms with Crippen LogP contribution >= 0.6 is 0 Å². The molecule has 0 aliphatic carbocycles. The van der Waals surface area contributed by atoms with Crippen molar-refractivity contribution >= 4 is 11.7 Å². The molecule has 1 saturated heterocycles. The number of fused-ring (bicyclic) bond motifs is 1. The first-order valence-electron chi connectivity index (χ1n) is 10.3. The quantitative estimate of drug-likeness (QED) is 0.739. The number of carbonyl (C=O) groups is 1. The highest BCUT2D eigenvalue weighted by molar-refractivity contribution is 5.84. The van der Waals surface area contributed by atoms with Crippen molar-refractivity contribution in [1.82, 2.24) is 14.9 Å². The second-order valence-corrected chi connectivity index (χ2v) is 8.19. The number of anilines is 1. The van der Waals surface area contributed by atoms with E-state index in [9.17, 15) is 18.0 Å². The van der Waals surface area contributed by atoms with E-state index >= 15 is 0 Å². The van der Waals surface area contributed by atoms with Gasteiger partial charge in [0.2, 0.25) is 5.91 Å². The van der Waals surface area contributed by atoms with Crippen LogP contribution in [0.4, 0.5) is 19.0 Å². The van der Waals surface area contributed by atoms with Gasteiger partial charge in [-0.15, -0.1) is 0 Å². The van der Waals surface area contributed by atoms with Gasteiger partial charge in [-0.25, -0.2) is 9.97 Å². The maximum atomic E-state index is 13.6. The van der Waals surface area contributed by atoms with Crippen LogP contribution in [0.3, 0.4) is 0 Å². The molecule has 2 aliphatic heterocycles. The molecule has 9 heteroatoms. The molecule has 1 aromatic heterocycles. The maximum absolute atomic E-state index is 13.6. The molecule has 2 aliphatic rings. The Kier molecular flexibility index (Phi) is 5.88. The summed E-state index contributed by atoms with van der Waals surface area (Å²) in [7, 11) is 1.61. The van der Waals surface area contributed by atoms with Gasteiger partial charge in [0.15, 0.2) is 0 Å². The minimum absolute atomic E-state index is 0.0964. The van der Waals surface area contributed by atoms with Crippen molar-refractivity contribution in [2.45, 2.75) is 32.0 Å². The third kappa shape index (κ3) is 4.37. The molecule has 0 bridgehead atoms. The highest BCUT2D eigenvalue weighted by Crippen LogP contribution is 2.41. The minimum atomic E-state index is -4.52. The molecule has 2 aromatic rings. The van der Waals surface area contributed by atoms with E-state index in [1.807, 2.05) is 21.9 Å². The molecule has 1 spiro atoms. The van der Waals surface area contributed by atoms with Gasteiger partial charge in [-0.3, -0.25) is 4.79 Å². The van der Waals surface area contributed by atoms with Gasteiger partial charge in [0.1, 0.15) is 17.8 Å². The molecular weight excluding hydrogens is 409 g/mol. The summed E-state index contributed by atoms with van der Waals surface area (Å²) in [5.41, 5.74) is 0.766. The Hall–Kier alpha value is -2.68. The number of carbonyl (C=O) groups excluding carboxylic acids is 1. The number of piperidine rings is 1. The van der Waals surface area contributed by atoms with Crippen LogP contribution in [-0.4, -0.2) is 54.1 Å². The lowest BCUT2D eigenvalue weighted by Crippen LogP contribution is -2.51. The maximum Gasteiger partial charge on any atom is 0.433 e. The molecule has 0 saturated carbocycles. The van der Waals surface area contributed by atoms with E-state index in [1.165, 1.54) is 0 Å². The van der Waals surface area contributed by atoms with Crippen molar-refractivity contribution in [3.63, 3.8) is 0 Å². The molecule has 31 heavy (non-hydrogen) atoms. The molecule has 6 nitrogen and oxygen atoms in total. The van der Waals surface area contributed by atoms with E-state index in [1.54, 1.807) is 7.11 Å². The third-order valence-corrected chi connectivity index (χ3v) is 6.30. The van der Waals surface area contributed by atoms with Crippen molar-refractivity contribution in [2.24, 2.45) is 5.41 Å². The Morgan fingerprint density at radius 3 is 2.52 bits per heavy atom. The van der Waals surface area contributed by atoms with E-state index in [4.69, 9.17) is 4.74 Å². The zero-order chi connectivity index (χ0) is 22.1. The fraction of sp³-hybridized carbons (Fsp3) is 0.500. The Morgan fingerprint density at radius 2 is 1.84 bits per heavy atom. The number of hydrogen-bond acceptors (Lipinski definition) is 5. The molecular formula is C22H25F3N4O2. The lowest BCUT2D eigenvalue weighted by Gasteiger charge is -2.42. The van der Waals surface area contributed by atoms with Crippen molar-refractivity contribution in [1.29, 1.82) is 0 Å². The number of benzene rings is 1. The number of halogens is 3. The van der Waals surface area contributed by atoms with Crippen LogP contribution in [0.15, 0.2) is 36.7 Å². The molecule has 0 radical (unpaired) electrons. The minimum Gasteiger partial charge on any atom is -0.383 e. The van der Waals surface area contributed by atoms with Crippen LogP contribution in [0.1, 0.15) is 29.7 Å². The fourth-order valence-corrected chi connectivity index (χ4v) is 4.55. The van der Waals surface area contributed by atoms with Crippen molar-refractivity contribution in [3.05, 3.63) is 53.5 Å². The summed E-state index contributed by atoms with van der Waals surface area (Å²) >= 11 is 0. The summed E-state index contributed by atoms with van der Waals surface area (Å²) < 4.78 is 44.3. The number of nitrogens with zero attached hydrogens (tertiary/aromatic N) is 4. The standard InChI is InChI=1S/C22H25F3N4O2/c1-31-11-10-29-14-17-5-3-2-4-16(17)13-21(20(29)30)6-8-28(9-7-21)19-12-18(22(23,24)25)26-15-27-19/h2-5,12,15H,6-11,13-14H2,1H3. The molecule has 0 unspecified atom stereocenters. The smallest absolute Gasteiger partial charge is 0.383 e. The number of rotatable bonds is 4. The van der Waals surface area contributed by atoms with E-state index in [0.29, 0.717) is 52.0 Å². The largest absolute Gasteiger partial charge is 0.433 e. The van der Waals surface area contributed by atoms with Crippen molar-refractivity contribution in [2.75, 3.05) is 38.3 Å². The summed E-state index contributed by atoms with van der Waals surface area (Å²) in [5.74, 6) is 0.342. The summed E-state index contributed by atoms with van der Waals surface area (Å²) in [6.45, 7) is 2.43. The summed E-state index contributed by atoms with van der Waals surface area (Å²) in [6, 6.07) is 9.06. The van der Waals surface area contributed by atoms with Crippen LogP contribution in [0.5, 0.6) is 0 Å². The first kappa shape index (κ1) is 21.5. The van der Waals surface area contributed by atoms with E-state index < -0.39 is 17.3 Å². The normalized spacial score (nSPS) is 18.8. The molecule has 0 N–H and O–H groups in total. The Labute approximate surface area is 179 Å². The lowest BCUT2D eigenvalue weighted by atomic mass is 9.73. The zero-order valence-corrected chi connectivity index (χ0v) is 17.4. The van der Waals surface area contributed by atoms with Gasteiger partial charge in [0.25, 0.3) is 0 Å². The first-order chi connectivity index (χ1) is 14.8. The second-order valence-electron chi connectivity index (χ2n) is 8.19. The Morgan fingerprint density at radius 1 is 1.13 bits per heavy atom. The van der Waals surface area contributed by atoms with Gasteiger partial charge in [-0.1, -0.05) is 24.3 Å². The van der Waals surface area contributed by atoms with Crippen LogP contribution in [-0.2, 0) is 28.7 Å². The summed E-state index contributed by atoms with van der Waals surface area (Å²) in [4.78, 5) is 24.7. The molecule has 1 aromatic carbocycles. The van der Waals surface area contributed by atoms with Gasteiger partial charge in [0, 0.05) is 39.4 Å². The lowest BCUT2D eigenvalue weighted by molar-refractivity contribution is -0.144.